The van der Waals surface area contributed by atoms with Gasteiger partial charge in [0.15, 0.2) is 0 Å². The highest BCUT2D eigenvalue weighted by atomic mass is 32.2. The highest BCUT2D eigenvalue weighted by Crippen LogP contribution is 2.50. The number of nitrogens with zero attached hydrogens (tertiary/aromatic N) is 2. The van der Waals surface area contributed by atoms with Gasteiger partial charge < -0.3 is 15.1 Å². The van der Waals surface area contributed by atoms with Gasteiger partial charge in [-0.05, 0) is 6.92 Å². The Morgan fingerprint density at radius 1 is 1.07 bits per heavy atom. The summed E-state index contributed by atoms with van der Waals surface area (Å²) in [5, 5.41) is 20.8. The number of aliphatic hydroxyl groups is 2. The molecule has 0 saturated carbocycles. The predicted octanol–water partition coefficient (Wildman–Crippen LogP) is 2.08. The Hall–Kier alpha value is -3.23. The second kappa shape index (κ2) is 7.55. The molecule has 1 unspecified atom stereocenters. The van der Waals surface area contributed by atoms with Gasteiger partial charge in [0, 0.05) is 17.7 Å². The molecule has 152 valence electrons. The van der Waals surface area contributed by atoms with Crippen molar-refractivity contribution in [2.45, 2.75) is 11.8 Å². The number of Topliss-reactive ketones (excluding diaryl/α,β-unsaturated/α-hetero) is 1. The largest absolute Gasteiger partial charge is 0.507 e. The highest BCUT2D eigenvalue weighted by molar-refractivity contribution is 8.17. The van der Waals surface area contributed by atoms with Crippen molar-refractivity contribution in [3.63, 3.8) is 0 Å². The number of aryl methyl sites for hydroxylation is 1. The lowest BCUT2D eigenvalue weighted by atomic mass is 9.99. The summed E-state index contributed by atoms with van der Waals surface area (Å²) in [7, 11) is 0. The average Bonchev–Trinajstić information content (AvgIpc) is 3.19. The molecule has 4 rings (SSSR count). The zero-order chi connectivity index (χ0) is 21.5. The van der Waals surface area contributed by atoms with Crippen LogP contribution in [0.1, 0.15) is 16.7 Å². The van der Waals surface area contributed by atoms with E-state index in [2.05, 4.69) is 4.99 Å². The van der Waals surface area contributed by atoms with Gasteiger partial charge in [0.25, 0.3) is 17.6 Å². The molecule has 1 spiro atoms. The molecule has 2 heterocycles. The van der Waals surface area contributed by atoms with Crippen LogP contribution in [0, 0.1) is 6.92 Å². The van der Waals surface area contributed by atoms with Crippen molar-refractivity contribution in [3.05, 3.63) is 76.9 Å². The van der Waals surface area contributed by atoms with Crippen molar-refractivity contribution in [1.29, 1.82) is 0 Å². The van der Waals surface area contributed by atoms with E-state index in [0.29, 0.717) is 16.2 Å². The Morgan fingerprint density at radius 3 is 2.37 bits per heavy atom. The van der Waals surface area contributed by atoms with Gasteiger partial charge in [-0.3, -0.25) is 14.4 Å². The van der Waals surface area contributed by atoms with E-state index >= 15 is 0 Å². The zero-order valence-electron chi connectivity index (χ0n) is 16.0. The number of β-amino-alcohol motifs (C(OH)–C–C–N with tert-alkyl or cyclic N) is 1. The monoisotopic (exact) mass is 422 g/mol. The minimum atomic E-state index is -1.85. The average molecular weight is 422 g/mol. The molecule has 1 fully saturated rings. The smallest absolute Gasteiger partial charge is 0.296 e. The third-order valence-electron chi connectivity index (χ3n) is 5.03. The molecule has 1 saturated heterocycles. The maximum atomic E-state index is 13.2. The molecule has 2 N–H and O–H groups in total. The van der Waals surface area contributed by atoms with Crippen LogP contribution in [0.3, 0.4) is 0 Å². The van der Waals surface area contributed by atoms with Gasteiger partial charge in [-0.2, -0.15) is 0 Å². The summed E-state index contributed by atoms with van der Waals surface area (Å²) < 4.78 is 0. The second-order valence-electron chi connectivity index (χ2n) is 6.93. The minimum Gasteiger partial charge on any atom is -0.507 e. The lowest BCUT2D eigenvalue weighted by molar-refractivity contribution is -0.141. The summed E-state index contributed by atoms with van der Waals surface area (Å²) in [4.78, 5) is 42.1. The summed E-state index contributed by atoms with van der Waals surface area (Å²) in [5.74, 6) is -3.12. The molecule has 0 radical (unpaired) electrons. The molecule has 30 heavy (non-hydrogen) atoms. The van der Waals surface area contributed by atoms with E-state index in [-0.39, 0.29) is 12.1 Å². The summed E-state index contributed by atoms with van der Waals surface area (Å²) in [6.45, 7) is 1.18. The van der Waals surface area contributed by atoms with E-state index in [0.717, 1.165) is 22.2 Å². The first-order valence-corrected chi connectivity index (χ1v) is 10.1. The normalized spacial score (nSPS) is 22.8. The third kappa shape index (κ3) is 2.96. The molecule has 7 nitrogen and oxygen atoms in total. The molecule has 1 atom stereocenters. The van der Waals surface area contributed by atoms with E-state index in [1.807, 2.05) is 13.0 Å². The maximum absolute atomic E-state index is 13.2. The van der Waals surface area contributed by atoms with E-state index in [1.165, 1.54) is 0 Å². The zero-order valence-corrected chi connectivity index (χ0v) is 16.8. The van der Waals surface area contributed by atoms with Crippen LogP contribution in [0.15, 0.2) is 65.2 Å². The number of benzene rings is 2. The highest BCUT2D eigenvalue weighted by Gasteiger charge is 2.64. The standard InChI is InChI=1S/C22H18N2O5S/c1-13-7-9-14(10-8-13)17(26)16-18(27)20(28)24(11-12-25)22(16)21(29)23-19(30-22)15-5-3-2-4-6-15/h2-10,25-26H,11-12H2,1H3/b17-16-. The molecule has 2 aromatic carbocycles. The molecule has 2 aromatic rings. The number of carbonyl (C=O) groups excluding carboxylic acids is 3. The Morgan fingerprint density at radius 2 is 1.73 bits per heavy atom. The summed E-state index contributed by atoms with van der Waals surface area (Å²) in [5.41, 5.74) is 1.58. The number of likely N-dealkylation sites (tertiary alicyclic amines) is 1. The van der Waals surface area contributed by atoms with Crippen LogP contribution in [0.2, 0.25) is 0 Å². The van der Waals surface area contributed by atoms with Gasteiger partial charge in [-0.1, -0.05) is 71.9 Å². The van der Waals surface area contributed by atoms with Crippen molar-refractivity contribution in [3.8, 4) is 0 Å². The number of amides is 2. The predicted molar refractivity (Wildman–Crippen MR) is 113 cm³/mol. The van der Waals surface area contributed by atoms with Crippen LogP contribution in [0.5, 0.6) is 0 Å². The number of hydrogen-bond acceptors (Lipinski definition) is 6. The number of carbonyl (C=O) groups is 3. The van der Waals surface area contributed by atoms with Crippen LogP contribution in [0.25, 0.3) is 5.76 Å². The molecular formula is C22H18N2O5S. The first-order valence-electron chi connectivity index (χ1n) is 9.25. The SMILES string of the molecule is Cc1ccc(/C(O)=C2\C(=O)C(=O)N(CCO)C23SC(c2ccccc2)=NC3=O)cc1. The topological polar surface area (TPSA) is 107 Å². The fourth-order valence-electron chi connectivity index (χ4n) is 3.55. The van der Waals surface area contributed by atoms with Crippen LogP contribution >= 0.6 is 11.8 Å². The maximum Gasteiger partial charge on any atom is 0.296 e. The van der Waals surface area contributed by atoms with Gasteiger partial charge in [0.2, 0.25) is 4.87 Å². The number of hydrogen-bond donors (Lipinski definition) is 2. The van der Waals surface area contributed by atoms with E-state index in [1.54, 1.807) is 48.5 Å². The van der Waals surface area contributed by atoms with Gasteiger partial charge in [-0.15, -0.1) is 0 Å². The molecule has 0 aliphatic carbocycles. The number of rotatable bonds is 4. The quantitative estimate of drug-likeness (QED) is 0.444. The van der Waals surface area contributed by atoms with E-state index < -0.39 is 34.8 Å². The Labute approximate surface area is 176 Å². The third-order valence-corrected chi connectivity index (χ3v) is 6.44. The summed E-state index contributed by atoms with van der Waals surface area (Å²) in [6, 6.07) is 15.6. The van der Waals surface area contributed by atoms with Crippen LogP contribution in [-0.2, 0) is 14.4 Å². The van der Waals surface area contributed by atoms with Gasteiger partial charge in [0.1, 0.15) is 10.8 Å². The molecule has 2 aliphatic rings. The van der Waals surface area contributed by atoms with Gasteiger partial charge in [-0.25, -0.2) is 4.99 Å². The number of aliphatic hydroxyl groups excluding tert-OH is 2. The molecule has 0 aromatic heterocycles. The van der Waals surface area contributed by atoms with Crippen molar-refractivity contribution in [2.24, 2.45) is 4.99 Å². The van der Waals surface area contributed by atoms with E-state index in [9.17, 15) is 24.6 Å². The Kier molecular flexibility index (Phi) is 5.05. The minimum absolute atomic E-state index is 0.244. The fourth-order valence-corrected chi connectivity index (χ4v) is 4.92. The molecule has 2 aliphatic heterocycles. The van der Waals surface area contributed by atoms with Gasteiger partial charge in [0.05, 0.1) is 12.2 Å². The Bertz CT molecular complexity index is 1110. The van der Waals surface area contributed by atoms with Gasteiger partial charge >= 0.3 is 0 Å². The van der Waals surface area contributed by atoms with Crippen molar-refractivity contribution < 1.29 is 24.6 Å². The fraction of sp³-hybridized carbons (Fsp3) is 0.182. The summed E-state index contributed by atoms with van der Waals surface area (Å²) >= 11 is 0.927. The van der Waals surface area contributed by atoms with Crippen LogP contribution in [0.4, 0.5) is 0 Å². The first-order chi connectivity index (χ1) is 14.4. The number of ketones is 1. The van der Waals surface area contributed by atoms with E-state index in [4.69, 9.17) is 0 Å². The lowest BCUT2D eigenvalue weighted by Gasteiger charge is -2.31. The lowest BCUT2D eigenvalue weighted by Crippen LogP contribution is -2.49. The second-order valence-corrected chi connectivity index (χ2v) is 8.12. The molecular weight excluding hydrogens is 404 g/mol. The van der Waals surface area contributed by atoms with Crippen LogP contribution < -0.4 is 0 Å². The van der Waals surface area contributed by atoms with Crippen molar-refractivity contribution in [1.82, 2.24) is 4.90 Å². The molecule has 2 amide bonds. The number of aliphatic imine (C=N–C) groups is 1. The molecule has 8 heteroatoms. The number of thioether (sulfide) groups is 1. The van der Waals surface area contributed by atoms with Crippen LogP contribution in [-0.4, -0.2) is 55.8 Å². The summed E-state index contributed by atoms with van der Waals surface area (Å²) in [6.07, 6.45) is 0. The van der Waals surface area contributed by atoms with Crippen molar-refractivity contribution >= 4 is 40.2 Å². The van der Waals surface area contributed by atoms with Crippen molar-refractivity contribution in [2.75, 3.05) is 13.2 Å². The molecule has 0 bridgehead atoms. The Balaban J connectivity index is 1.90. The first kappa shape index (κ1) is 20.1.